The van der Waals surface area contributed by atoms with Gasteiger partial charge in [-0.15, -0.1) is 0 Å². The van der Waals surface area contributed by atoms with Crippen LogP contribution in [-0.4, -0.2) is 24.5 Å². The maximum atomic E-state index is 5.40. The van der Waals surface area contributed by atoms with Crippen LogP contribution in [0.2, 0.25) is 0 Å². The highest BCUT2D eigenvalue weighted by atomic mass is 15.0. The molecule has 0 N–H and O–H groups in total. The van der Waals surface area contributed by atoms with E-state index in [0.29, 0.717) is 11.6 Å². The molecule has 8 aromatic carbocycles. The van der Waals surface area contributed by atoms with Gasteiger partial charge in [-0.2, -0.15) is 0 Å². The highest BCUT2D eigenvalue weighted by molar-refractivity contribution is 6.11. The van der Waals surface area contributed by atoms with Gasteiger partial charge in [0, 0.05) is 44.2 Å². The van der Waals surface area contributed by atoms with Crippen molar-refractivity contribution in [1.29, 1.82) is 0 Å². The van der Waals surface area contributed by atoms with Gasteiger partial charge < -0.3 is 4.57 Å². The largest absolute Gasteiger partial charge is 0.309 e. The SMILES string of the molecule is Cc1cc(C)cc(-c2ccc3c(c2)c2ccccc2n3-c2ccc(-c3nc(-c4ccccc4)cc(-c4ccccc4)n3)cc2-c2cc(-c3ccccc3)nc(-c3ccccc3)n2)c1. The quantitative estimate of drug-likeness (QED) is 0.153. The predicted octanol–water partition coefficient (Wildman–Crippen LogP) is 14.6. The molecule has 3 aromatic heterocycles. The Morgan fingerprint density at radius 3 is 1.35 bits per heavy atom. The third kappa shape index (κ3) is 7.26. The summed E-state index contributed by atoms with van der Waals surface area (Å²) in [6.07, 6.45) is 0. The van der Waals surface area contributed by atoms with Crippen molar-refractivity contribution in [2.45, 2.75) is 13.8 Å². The lowest BCUT2D eigenvalue weighted by molar-refractivity contribution is 1.14. The molecule has 3 heterocycles. The predicted molar refractivity (Wildman–Crippen MR) is 259 cm³/mol. The zero-order chi connectivity index (χ0) is 42.3. The highest BCUT2D eigenvalue weighted by Gasteiger charge is 2.21. The molecule has 0 aliphatic carbocycles. The molecule has 0 bridgehead atoms. The van der Waals surface area contributed by atoms with Crippen LogP contribution in [0, 0.1) is 13.8 Å². The third-order valence-electron chi connectivity index (χ3n) is 11.7. The van der Waals surface area contributed by atoms with E-state index in [4.69, 9.17) is 19.9 Å². The molecular weight excluding hydrogens is 767 g/mol. The number of rotatable bonds is 8. The molecule has 0 fully saturated rings. The summed E-state index contributed by atoms with van der Waals surface area (Å²) in [6, 6.07) is 74.3. The smallest absolute Gasteiger partial charge is 0.160 e. The first-order valence-corrected chi connectivity index (χ1v) is 21.3. The van der Waals surface area contributed by atoms with Crippen LogP contribution >= 0.6 is 0 Å². The second-order valence-corrected chi connectivity index (χ2v) is 16.1. The monoisotopic (exact) mass is 807 g/mol. The van der Waals surface area contributed by atoms with Crippen LogP contribution in [0.25, 0.3) is 106 Å². The zero-order valence-corrected chi connectivity index (χ0v) is 34.9. The number of para-hydroxylation sites is 1. The molecule has 11 aromatic rings. The molecule has 5 heteroatoms. The number of hydrogen-bond donors (Lipinski definition) is 0. The van der Waals surface area contributed by atoms with Gasteiger partial charge >= 0.3 is 0 Å². The van der Waals surface area contributed by atoms with Crippen LogP contribution in [0.5, 0.6) is 0 Å². The summed E-state index contributed by atoms with van der Waals surface area (Å²) in [7, 11) is 0. The van der Waals surface area contributed by atoms with E-state index in [0.717, 1.165) is 72.9 Å². The maximum absolute atomic E-state index is 5.40. The van der Waals surface area contributed by atoms with Gasteiger partial charge in [0.05, 0.1) is 39.5 Å². The molecule has 63 heavy (non-hydrogen) atoms. The average Bonchev–Trinajstić information content (AvgIpc) is 3.68. The number of hydrogen-bond acceptors (Lipinski definition) is 4. The molecule has 0 radical (unpaired) electrons. The summed E-state index contributed by atoms with van der Waals surface area (Å²) in [6.45, 7) is 4.33. The minimum atomic E-state index is 0.629. The molecular formula is C58H41N5. The molecule has 5 nitrogen and oxygen atoms in total. The molecule has 11 rings (SSSR count). The van der Waals surface area contributed by atoms with Gasteiger partial charge in [0.1, 0.15) is 0 Å². The minimum absolute atomic E-state index is 0.629. The Kier molecular flexibility index (Phi) is 9.55. The van der Waals surface area contributed by atoms with Crippen LogP contribution in [0.3, 0.4) is 0 Å². The van der Waals surface area contributed by atoms with E-state index in [2.05, 4.69) is 170 Å². The number of benzene rings is 8. The Morgan fingerprint density at radius 1 is 0.302 bits per heavy atom. The van der Waals surface area contributed by atoms with Gasteiger partial charge in [0.2, 0.25) is 0 Å². The molecule has 0 aliphatic rings. The van der Waals surface area contributed by atoms with Gasteiger partial charge in [-0.25, -0.2) is 19.9 Å². The zero-order valence-electron chi connectivity index (χ0n) is 34.9. The first kappa shape index (κ1) is 37.7. The Morgan fingerprint density at radius 2 is 0.762 bits per heavy atom. The molecule has 0 saturated carbocycles. The fourth-order valence-electron chi connectivity index (χ4n) is 8.78. The van der Waals surface area contributed by atoms with Gasteiger partial charge in [-0.05, 0) is 73.5 Å². The third-order valence-corrected chi connectivity index (χ3v) is 11.7. The molecule has 0 saturated heterocycles. The van der Waals surface area contributed by atoms with E-state index in [-0.39, 0.29) is 0 Å². The van der Waals surface area contributed by atoms with E-state index in [1.54, 1.807) is 0 Å². The Hall–Kier alpha value is -8.28. The lowest BCUT2D eigenvalue weighted by Crippen LogP contribution is -2.02. The topological polar surface area (TPSA) is 56.5 Å². The van der Waals surface area contributed by atoms with Crippen molar-refractivity contribution >= 4 is 21.8 Å². The van der Waals surface area contributed by atoms with Gasteiger partial charge in [0.25, 0.3) is 0 Å². The molecule has 0 amide bonds. The van der Waals surface area contributed by atoms with Gasteiger partial charge in [-0.3, -0.25) is 0 Å². The van der Waals surface area contributed by atoms with Crippen molar-refractivity contribution in [3.63, 3.8) is 0 Å². The van der Waals surface area contributed by atoms with E-state index in [9.17, 15) is 0 Å². The van der Waals surface area contributed by atoms with E-state index >= 15 is 0 Å². The molecule has 298 valence electrons. The number of aromatic nitrogens is 5. The lowest BCUT2D eigenvalue weighted by Gasteiger charge is -2.17. The van der Waals surface area contributed by atoms with Crippen LogP contribution in [0.4, 0.5) is 0 Å². The van der Waals surface area contributed by atoms with Gasteiger partial charge in [0.15, 0.2) is 11.6 Å². The summed E-state index contributed by atoms with van der Waals surface area (Å²) < 4.78 is 2.39. The standard InChI is InChI=1S/C58H41N5/c1-38-31-39(2)33-46(32-38)44-27-29-55-48(34-44)47-25-15-16-26-54(47)63(55)56-30-28-45(58-60-50(40-17-7-3-8-18-40)36-51(61-58)41-19-9-4-10-20-41)35-49(56)53-37-52(42-21-11-5-12-22-42)59-57(62-53)43-23-13-6-14-24-43/h3-37H,1-2H3. The average molecular weight is 808 g/mol. The van der Waals surface area contributed by atoms with Crippen LogP contribution in [-0.2, 0) is 0 Å². The fourth-order valence-corrected chi connectivity index (χ4v) is 8.78. The van der Waals surface area contributed by atoms with E-state index < -0.39 is 0 Å². The first-order valence-electron chi connectivity index (χ1n) is 21.3. The Balaban J connectivity index is 1.19. The summed E-state index contributed by atoms with van der Waals surface area (Å²) in [5.41, 5.74) is 17.3. The van der Waals surface area contributed by atoms with Crippen LogP contribution < -0.4 is 0 Å². The number of fused-ring (bicyclic) bond motifs is 3. The second kappa shape index (κ2) is 16.0. The molecule has 0 aliphatic heterocycles. The van der Waals surface area contributed by atoms with Gasteiger partial charge in [-0.1, -0.05) is 175 Å². The molecule has 0 spiro atoms. The Labute approximate surface area is 366 Å². The van der Waals surface area contributed by atoms with Crippen molar-refractivity contribution in [3.05, 3.63) is 223 Å². The highest BCUT2D eigenvalue weighted by Crippen LogP contribution is 2.40. The van der Waals surface area contributed by atoms with Crippen LogP contribution in [0.1, 0.15) is 11.1 Å². The van der Waals surface area contributed by atoms with Crippen molar-refractivity contribution in [2.75, 3.05) is 0 Å². The Bertz CT molecular complexity index is 3320. The molecule has 0 unspecified atom stereocenters. The van der Waals surface area contributed by atoms with Crippen molar-refractivity contribution in [3.8, 4) is 84.6 Å². The first-order chi connectivity index (χ1) is 31.0. The summed E-state index contributed by atoms with van der Waals surface area (Å²) in [5.74, 6) is 1.28. The van der Waals surface area contributed by atoms with E-state index in [1.807, 2.05) is 60.7 Å². The second-order valence-electron chi connectivity index (χ2n) is 16.1. The minimum Gasteiger partial charge on any atom is -0.309 e. The number of nitrogens with zero attached hydrogens (tertiary/aromatic N) is 5. The van der Waals surface area contributed by atoms with Crippen molar-refractivity contribution in [2.24, 2.45) is 0 Å². The summed E-state index contributed by atoms with van der Waals surface area (Å²) in [5, 5.41) is 2.36. The summed E-state index contributed by atoms with van der Waals surface area (Å²) in [4.78, 5) is 21.1. The van der Waals surface area contributed by atoms with E-state index in [1.165, 1.54) is 33.0 Å². The summed E-state index contributed by atoms with van der Waals surface area (Å²) >= 11 is 0. The number of aryl methyl sites for hydroxylation is 2. The van der Waals surface area contributed by atoms with Crippen molar-refractivity contribution in [1.82, 2.24) is 24.5 Å². The van der Waals surface area contributed by atoms with Crippen molar-refractivity contribution < 1.29 is 0 Å². The van der Waals surface area contributed by atoms with Crippen LogP contribution in [0.15, 0.2) is 212 Å². The molecule has 0 atom stereocenters. The lowest BCUT2D eigenvalue weighted by atomic mass is 9.99. The normalized spacial score (nSPS) is 11.3. The fraction of sp³-hybridized carbons (Fsp3) is 0.0345. The maximum Gasteiger partial charge on any atom is 0.160 e.